The molecule has 3 rings (SSSR count). The summed E-state index contributed by atoms with van der Waals surface area (Å²) in [6.45, 7) is 8.21. The molecule has 0 saturated carbocycles. The predicted molar refractivity (Wildman–Crippen MR) is 111 cm³/mol. The fourth-order valence-electron chi connectivity index (χ4n) is 2.90. The third kappa shape index (κ3) is 4.26. The highest BCUT2D eigenvalue weighted by Gasteiger charge is 2.10. The Bertz CT molecular complexity index is 913. The normalized spacial score (nSPS) is 11.9. The van der Waals surface area contributed by atoms with Gasteiger partial charge in [0.15, 0.2) is 0 Å². The predicted octanol–water partition coefficient (Wildman–Crippen LogP) is 5.44. The monoisotopic (exact) mass is 388 g/mol. The van der Waals surface area contributed by atoms with E-state index >= 15 is 0 Å². The van der Waals surface area contributed by atoms with Gasteiger partial charge < -0.3 is 9.47 Å². The molecule has 2 aromatic carbocycles. The van der Waals surface area contributed by atoms with Crippen LogP contribution in [0.5, 0.6) is 0 Å². The molecule has 1 aromatic heterocycles. The fraction of sp³-hybridized carbons (Fsp3) is 0.300. The van der Waals surface area contributed by atoms with E-state index in [9.17, 15) is 0 Å². The molecular weight excluding hydrogens is 367 g/mol. The van der Waals surface area contributed by atoms with Crippen LogP contribution in [0.3, 0.4) is 0 Å². The molecule has 3 aromatic rings. The summed E-state index contributed by atoms with van der Waals surface area (Å²) in [5.74, 6) is 0.685. The number of benzene rings is 2. The molecule has 1 heterocycles. The Hall–Kier alpha value is -1.88. The van der Waals surface area contributed by atoms with Crippen LogP contribution in [-0.2, 0) is 6.54 Å². The summed E-state index contributed by atoms with van der Waals surface area (Å²) in [4.78, 5) is 11.7. The van der Waals surface area contributed by atoms with E-state index in [2.05, 4.69) is 39.4 Å². The molecular formula is C20H22Cl2N4. The zero-order valence-corrected chi connectivity index (χ0v) is 16.5. The lowest BCUT2D eigenvalue weighted by atomic mass is 10.2. The second-order valence-electron chi connectivity index (χ2n) is 6.00. The van der Waals surface area contributed by atoms with Gasteiger partial charge in [0, 0.05) is 29.9 Å². The Balaban J connectivity index is 1.93. The molecule has 6 heteroatoms. The van der Waals surface area contributed by atoms with Crippen molar-refractivity contribution >= 4 is 46.4 Å². The molecule has 0 amide bonds. The van der Waals surface area contributed by atoms with Gasteiger partial charge in [0.1, 0.15) is 0 Å². The van der Waals surface area contributed by atoms with Crippen LogP contribution in [-0.4, -0.2) is 40.3 Å². The second kappa shape index (κ2) is 8.67. The molecule has 0 aliphatic heterocycles. The zero-order valence-electron chi connectivity index (χ0n) is 15.0. The highest BCUT2D eigenvalue weighted by molar-refractivity contribution is 6.36. The topological polar surface area (TPSA) is 33.4 Å². The smallest absolute Gasteiger partial charge is 0.230 e. The lowest BCUT2D eigenvalue weighted by molar-refractivity contribution is 0.292. The molecule has 0 saturated heterocycles. The van der Waals surface area contributed by atoms with Crippen LogP contribution in [0.25, 0.3) is 11.0 Å². The lowest BCUT2D eigenvalue weighted by Gasteiger charge is -2.18. The summed E-state index contributed by atoms with van der Waals surface area (Å²) < 4.78 is 2.16. The van der Waals surface area contributed by atoms with Crippen molar-refractivity contribution in [2.24, 2.45) is 4.99 Å². The maximum atomic E-state index is 6.24. The van der Waals surface area contributed by atoms with Crippen LogP contribution in [0.4, 0.5) is 5.95 Å². The van der Waals surface area contributed by atoms with Crippen LogP contribution in [0.15, 0.2) is 47.5 Å². The minimum absolute atomic E-state index is 0.576. The Morgan fingerprint density at radius 2 is 1.88 bits per heavy atom. The Morgan fingerprint density at radius 1 is 1.12 bits per heavy atom. The number of aliphatic imine (C=N–C) groups is 1. The van der Waals surface area contributed by atoms with Gasteiger partial charge in [-0.05, 0) is 37.4 Å². The molecule has 0 atom stereocenters. The quantitative estimate of drug-likeness (QED) is 0.505. The third-order valence-corrected chi connectivity index (χ3v) is 5.01. The highest BCUT2D eigenvalue weighted by atomic mass is 35.5. The standard InChI is InChI=1S/C20H22Cl2N4/c1-3-25(4-2)11-12-26-19-8-6-5-7-18(19)24-20(26)23-14-15-9-10-16(21)13-17(15)22/h5-10,13-14H,3-4,11-12H2,1-2H3. The van der Waals surface area contributed by atoms with Crippen molar-refractivity contribution in [2.45, 2.75) is 20.4 Å². The molecule has 4 nitrogen and oxygen atoms in total. The van der Waals surface area contributed by atoms with Crippen molar-refractivity contribution in [3.05, 3.63) is 58.1 Å². The Kier molecular flexibility index (Phi) is 6.30. The van der Waals surface area contributed by atoms with Crippen molar-refractivity contribution in [3.63, 3.8) is 0 Å². The zero-order chi connectivity index (χ0) is 18.5. The van der Waals surface area contributed by atoms with Crippen molar-refractivity contribution in [3.8, 4) is 0 Å². The Morgan fingerprint density at radius 3 is 2.62 bits per heavy atom. The second-order valence-corrected chi connectivity index (χ2v) is 6.85. The van der Waals surface area contributed by atoms with E-state index in [1.165, 1.54) is 0 Å². The number of fused-ring (bicyclic) bond motifs is 1. The number of nitrogens with zero attached hydrogens (tertiary/aromatic N) is 4. The van der Waals surface area contributed by atoms with Gasteiger partial charge in [-0.1, -0.05) is 55.2 Å². The fourth-order valence-corrected chi connectivity index (χ4v) is 3.35. The maximum Gasteiger partial charge on any atom is 0.230 e. The molecule has 26 heavy (non-hydrogen) atoms. The van der Waals surface area contributed by atoms with Crippen LogP contribution >= 0.6 is 23.2 Å². The molecule has 136 valence electrons. The number of para-hydroxylation sites is 2. The number of imidazole rings is 1. The minimum atomic E-state index is 0.576. The SMILES string of the molecule is CCN(CC)CCn1c(N=Cc2ccc(Cl)cc2Cl)nc2ccccc21. The van der Waals surface area contributed by atoms with Gasteiger partial charge in [-0.25, -0.2) is 9.98 Å². The summed E-state index contributed by atoms with van der Waals surface area (Å²) in [5, 5.41) is 1.19. The summed E-state index contributed by atoms with van der Waals surface area (Å²) in [7, 11) is 0. The molecule has 0 fully saturated rings. The van der Waals surface area contributed by atoms with E-state index in [0.29, 0.717) is 16.0 Å². The van der Waals surface area contributed by atoms with Crippen LogP contribution in [0.1, 0.15) is 19.4 Å². The summed E-state index contributed by atoms with van der Waals surface area (Å²) in [5.41, 5.74) is 2.86. The number of rotatable bonds is 7. The van der Waals surface area contributed by atoms with Gasteiger partial charge in [0.05, 0.1) is 16.1 Å². The van der Waals surface area contributed by atoms with Gasteiger partial charge in [0.25, 0.3) is 0 Å². The first-order chi connectivity index (χ1) is 12.6. The third-order valence-electron chi connectivity index (χ3n) is 4.45. The highest BCUT2D eigenvalue weighted by Crippen LogP contribution is 2.23. The van der Waals surface area contributed by atoms with Crippen LogP contribution in [0.2, 0.25) is 10.0 Å². The Labute approximate surface area is 164 Å². The van der Waals surface area contributed by atoms with Gasteiger partial charge in [0.2, 0.25) is 5.95 Å². The average Bonchev–Trinajstić information content (AvgIpc) is 2.99. The summed E-state index contributed by atoms with van der Waals surface area (Å²) in [6, 6.07) is 13.5. The summed E-state index contributed by atoms with van der Waals surface area (Å²) in [6.07, 6.45) is 1.74. The molecule has 0 aliphatic carbocycles. The largest absolute Gasteiger partial charge is 0.307 e. The maximum absolute atomic E-state index is 6.24. The first kappa shape index (κ1) is 18.9. The van der Waals surface area contributed by atoms with E-state index in [1.54, 1.807) is 18.3 Å². The molecule has 0 radical (unpaired) electrons. The van der Waals surface area contributed by atoms with E-state index in [1.807, 2.05) is 24.3 Å². The lowest BCUT2D eigenvalue weighted by Crippen LogP contribution is -2.26. The first-order valence-corrected chi connectivity index (χ1v) is 9.54. The number of likely N-dealkylation sites (N-methyl/N-ethyl adjacent to an activating group) is 1. The minimum Gasteiger partial charge on any atom is -0.307 e. The number of halogens is 2. The van der Waals surface area contributed by atoms with Gasteiger partial charge in [-0.3, -0.25) is 0 Å². The molecule has 0 N–H and O–H groups in total. The van der Waals surface area contributed by atoms with Crippen molar-refractivity contribution in [1.29, 1.82) is 0 Å². The average molecular weight is 389 g/mol. The molecule has 0 bridgehead atoms. The molecule has 0 aliphatic rings. The number of aromatic nitrogens is 2. The van der Waals surface area contributed by atoms with Crippen LogP contribution in [0, 0.1) is 0 Å². The van der Waals surface area contributed by atoms with E-state index in [-0.39, 0.29) is 0 Å². The number of hydrogen-bond acceptors (Lipinski definition) is 3. The van der Waals surface area contributed by atoms with Gasteiger partial charge in [-0.2, -0.15) is 0 Å². The van der Waals surface area contributed by atoms with Crippen molar-refractivity contribution in [1.82, 2.24) is 14.5 Å². The first-order valence-electron chi connectivity index (χ1n) is 8.79. The van der Waals surface area contributed by atoms with E-state index < -0.39 is 0 Å². The molecule has 0 spiro atoms. The van der Waals surface area contributed by atoms with E-state index in [4.69, 9.17) is 23.2 Å². The van der Waals surface area contributed by atoms with Gasteiger partial charge in [-0.15, -0.1) is 0 Å². The molecule has 0 unspecified atom stereocenters. The van der Waals surface area contributed by atoms with E-state index in [0.717, 1.165) is 42.8 Å². The van der Waals surface area contributed by atoms with Crippen LogP contribution < -0.4 is 0 Å². The van der Waals surface area contributed by atoms with Gasteiger partial charge >= 0.3 is 0 Å². The van der Waals surface area contributed by atoms with Crippen molar-refractivity contribution in [2.75, 3.05) is 19.6 Å². The summed E-state index contributed by atoms with van der Waals surface area (Å²) >= 11 is 12.2. The van der Waals surface area contributed by atoms with Crippen molar-refractivity contribution < 1.29 is 0 Å². The number of hydrogen-bond donors (Lipinski definition) is 0.